The molecular weight excluding hydrogens is 308 g/mol. The molecule has 2 N–H and O–H groups in total. The maximum atomic E-state index is 12.3. The molecule has 1 fully saturated rings. The number of sulfonamides is 1. The van der Waals surface area contributed by atoms with Crippen molar-refractivity contribution in [2.75, 3.05) is 27.3 Å². The summed E-state index contributed by atoms with van der Waals surface area (Å²) < 4.78 is 37.6. The van der Waals surface area contributed by atoms with Crippen LogP contribution in [0.2, 0.25) is 0 Å². The monoisotopic (exact) mass is 328 g/mol. The summed E-state index contributed by atoms with van der Waals surface area (Å²) in [6, 6.07) is 4.17. The summed E-state index contributed by atoms with van der Waals surface area (Å²) >= 11 is 0. The molecule has 8 heteroatoms. The van der Waals surface area contributed by atoms with E-state index >= 15 is 0 Å². The van der Waals surface area contributed by atoms with Crippen LogP contribution in [0.25, 0.3) is 0 Å². The number of nitrogens with one attached hydrogen (secondary N) is 2. The molecule has 0 saturated carbocycles. The summed E-state index contributed by atoms with van der Waals surface area (Å²) in [6.07, 6.45) is 1.69. The summed E-state index contributed by atoms with van der Waals surface area (Å²) in [4.78, 5) is 11.8. The zero-order chi connectivity index (χ0) is 16.2. The van der Waals surface area contributed by atoms with Crippen LogP contribution < -0.4 is 14.8 Å². The van der Waals surface area contributed by atoms with Crippen molar-refractivity contribution in [2.45, 2.75) is 23.8 Å². The molecule has 22 heavy (non-hydrogen) atoms. The standard InChI is InChI=1S/C14H20N2O5S/c1-15-14(17)12-8-11(5-6-13(12)20-2)22(18,19)16-9-10-4-3-7-21-10/h5-6,8,10,16H,3-4,7,9H2,1-2H3,(H,15,17)/t10-/m1/s1. The van der Waals surface area contributed by atoms with Gasteiger partial charge in [0, 0.05) is 20.2 Å². The molecule has 1 atom stereocenters. The Hall–Kier alpha value is -1.64. The number of ether oxygens (including phenoxy) is 2. The van der Waals surface area contributed by atoms with Crippen molar-refractivity contribution < 1.29 is 22.7 Å². The van der Waals surface area contributed by atoms with Crippen molar-refractivity contribution >= 4 is 15.9 Å². The van der Waals surface area contributed by atoms with E-state index in [4.69, 9.17) is 9.47 Å². The number of benzene rings is 1. The van der Waals surface area contributed by atoms with E-state index in [1.165, 1.54) is 32.4 Å². The largest absolute Gasteiger partial charge is 0.496 e. The van der Waals surface area contributed by atoms with Gasteiger partial charge in [0.05, 0.1) is 23.7 Å². The third-order valence-corrected chi connectivity index (χ3v) is 4.90. The molecular formula is C14H20N2O5S. The summed E-state index contributed by atoms with van der Waals surface area (Å²) in [5, 5.41) is 2.46. The summed E-state index contributed by atoms with van der Waals surface area (Å²) in [6.45, 7) is 0.888. The van der Waals surface area contributed by atoms with Crippen LogP contribution in [-0.2, 0) is 14.8 Å². The Morgan fingerprint density at radius 1 is 1.45 bits per heavy atom. The lowest BCUT2D eigenvalue weighted by atomic mass is 10.2. The number of rotatable bonds is 6. The zero-order valence-electron chi connectivity index (χ0n) is 12.6. The number of carbonyl (C=O) groups excluding carboxylic acids is 1. The van der Waals surface area contributed by atoms with Crippen LogP contribution in [0, 0.1) is 0 Å². The van der Waals surface area contributed by atoms with Crippen LogP contribution >= 0.6 is 0 Å². The molecule has 1 aliphatic rings. The molecule has 1 amide bonds. The molecule has 0 spiro atoms. The van der Waals surface area contributed by atoms with Gasteiger partial charge in [-0.2, -0.15) is 0 Å². The number of amides is 1. The Kier molecular flexibility index (Phi) is 5.38. The first-order valence-electron chi connectivity index (χ1n) is 6.99. The first kappa shape index (κ1) is 16.7. The third kappa shape index (κ3) is 3.76. The van der Waals surface area contributed by atoms with Crippen LogP contribution in [0.3, 0.4) is 0 Å². The summed E-state index contributed by atoms with van der Waals surface area (Å²) in [7, 11) is -0.809. The normalized spacial score (nSPS) is 18.2. The van der Waals surface area contributed by atoms with Crippen LogP contribution in [0.15, 0.2) is 23.1 Å². The van der Waals surface area contributed by atoms with Gasteiger partial charge in [0.25, 0.3) is 5.91 Å². The Balaban J connectivity index is 2.20. The van der Waals surface area contributed by atoms with E-state index in [1.807, 2.05) is 0 Å². The van der Waals surface area contributed by atoms with Crippen LogP contribution in [0.1, 0.15) is 23.2 Å². The molecule has 0 unspecified atom stereocenters. The van der Waals surface area contributed by atoms with Gasteiger partial charge in [-0.1, -0.05) is 0 Å². The second-order valence-corrected chi connectivity index (χ2v) is 6.70. The fourth-order valence-corrected chi connectivity index (χ4v) is 3.35. The van der Waals surface area contributed by atoms with Crippen molar-refractivity contribution in [3.05, 3.63) is 23.8 Å². The van der Waals surface area contributed by atoms with E-state index in [1.54, 1.807) is 0 Å². The van der Waals surface area contributed by atoms with Crippen LogP contribution in [0.5, 0.6) is 5.75 Å². The molecule has 7 nitrogen and oxygen atoms in total. The molecule has 0 aromatic heterocycles. The third-order valence-electron chi connectivity index (χ3n) is 3.48. The van der Waals surface area contributed by atoms with Crippen molar-refractivity contribution in [2.24, 2.45) is 0 Å². The van der Waals surface area contributed by atoms with E-state index in [0.717, 1.165) is 12.8 Å². The van der Waals surface area contributed by atoms with Gasteiger partial charge >= 0.3 is 0 Å². The van der Waals surface area contributed by atoms with Gasteiger partial charge in [0.2, 0.25) is 10.0 Å². The predicted octanol–water partition coefficient (Wildman–Crippen LogP) is 0.512. The minimum atomic E-state index is -3.70. The van der Waals surface area contributed by atoms with Crippen molar-refractivity contribution in [3.63, 3.8) is 0 Å². The fraction of sp³-hybridized carbons (Fsp3) is 0.500. The molecule has 1 aromatic carbocycles. The molecule has 1 saturated heterocycles. The van der Waals surface area contributed by atoms with Gasteiger partial charge < -0.3 is 14.8 Å². The first-order chi connectivity index (χ1) is 10.5. The molecule has 0 radical (unpaired) electrons. The lowest BCUT2D eigenvalue weighted by Gasteiger charge is -2.13. The summed E-state index contributed by atoms with van der Waals surface area (Å²) in [5.41, 5.74) is 0.171. The van der Waals surface area contributed by atoms with Crippen molar-refractivity contribution in [3.8, 4) is 5.75 Å². The maximum absolute atomic E-state index is 12.3. The zero-order valence-corrected chi connectivity index (χ0v) is 13.4. The van der Waals surface area contributed by atoms with Gasteiger partial charge in [-0.05, 0) is 31.0 Å². The van der Waals surface area contributed by atoms with Gasteiger partial charge in [0.1, 0.15) is 5.75 Å². The second kappa shape index (κ2) is 7.08. The highest BCUT2D eigenvalue weighted by Gasteiger charge is 2.22. The number of methoxy groups -OCH3 is 1. The highest BCUT2D eigenvalue weighted by atomic mass is 32.2. The second-order valence-electron chi connectivity index (χ2n) is 4.93. The highest BCUT2D eigenvalue weighted by molar-refractivity contribution is 7.89. The minimum absolute atomic E-state index is 0.0184. The fourth-order valence-electron chi connectivity index (χ4n) is 2.26. The van der Waals surface area contributed by atoms with Crippen molar-refractivity contribution in [1.82, 2.24) is 10.0 Å². The molecule has 1 heterocycles. The molecule has 2 rings (SSSR count). The highest BCUT2D eigenvalue weighted by Crippen LogP contribution is 2.22. The van der Waals surface area contributed by atoms with E-state index in [9.17, 15) is 13.2 Å². The van der Waals surface area contributed by atoms with E-state index < -0.39 is 15.9 Å². The smallest absolute Gasteiger partial charge is 0.254 e. The number of carbonyl (C=O) groups is 1. The Labute approximate surface area is 130 Å². The van der Waals surface area contributed by atoms with Gasteiger partial charge in [-0.25, -0.2) is 13.1 Å². The maximum Gasteiger partial charge on any atom is 0.254 e. The van der Waals surface area contributed by atoms with Crippen LogP contribution in [-0.4, -0.2) is 47.7 Å². The van der Waals surface area contributed by atoms with Crippen molar-refractivity contribution in [1.29, 1.82) is 0 Å². The van der Waals surface area contributed by atoms with Gasteiger partial charge in [0.15, 0.2) is 0 Å². The average Bonchev–Trinajstić information content (AvgIpc) is 3.05. The van der Waals surface area contributed by atoms with Crippen LogP contribution in [0.4, 0.5) is 0 Å². The minimum Gasteiger partial charge on any atom is -0.496 e. The van der Waals surface area contributed by atoms with Gasteiger partial charge in [-0.3, -0.25) is 4.79 Å². The Morgan fingerprint density at radius 2 is 2.23 bits per heavy atom. The number of hydrogen-bond donors (Lipinski definition) is 2. The van der Waals surface area contributed by atoms with Gasteiger partial charge in [-0.15, -0.1) is 0 Å². The first-order valence-corrected chi connectivity index (χ1v) is 8.47. The lowest BCUT2D eigenvalue weighted by Crippen LogP contribution is -2.32. The Bertz CT molecular complexity index is 639. The van der Waals surface area contributed by atoms with E-state index in [-0.39, 0.29) is 23.1 Å². The number of hydrogen-bond acceptors (Lipinski definition) is 5. The summed E-state index contributed by atoms with van der Waals surface area (Å²) in [5.74, 6) is -0.0922. The molecule has 1 aliphatic heterocycles. The molecule has 1 aromatic rings. The molecule has 0 bridgehead atoms. The van der Waals surface area contributed by atoms with E-state index in [2.05, 4.69) is 10.0 Å². The lowest BCUT2D eigenvalue weighted by molar-refractivity contribution is 0.0959. The Morgan fingerprint density at radius 3 is 2.82 bits per heavy atom. The average molecular weight is 328 g/mol. The predicted molar refractivity (Wildman–Crippen MR) is 80.5 cm³/mol. The SMILES string of the molecule is CNC(=O)c1cc(S(=O)(=O)NC[C@H]2CCCO2)ccc1OC. The molecule has 122 valence electrons. The van der Waals surface area contributed by atoms with E-state index in [0.29, 0.717) is 12.4 Å². The quantitative estimate of drug-likeness (QED) is 0.794. The molecule has 0 aliphatic carbocycles. The topological polar surface area (TPSA) is 93.7 Å².